The number of aryl methyl sites for hydroxylation is 1. The first-order valence-corrected chi connectivity index (χ1v) is 7.60. The summed E-state index contributed by atoms with van der Waals surface area (Å²) in [5.41, 5.74) is 3.81. The molecule has 0 spiro atoms. The van der Waals surface area contributed by atoms with Crippen LogP contribution >= 0.6 is 0 Å². The Hall–Kier alpha value is -2.88. The molecular weight excluding hydrogens is 286 g/mol. The average molecular weight is 305 g/mol. The number of amides is 1. The SMILES string of the molecule is Cc1ccccc1C(=O)NC(C)c1ccc(-n2ccnc2)cc1. The molecule has 0 bridgehead atoms. The second kappa shape index (κ2) is 6.48. The van der Waals surface area contributed by atoms with Gasteiger partial charge in [-0.2, -0.15) is 0 Å². The predicted molar refractivity (Wildman–Crippen MR) is 90.6 cm³/mol. The van der Waals surface area contributed by atoms with Gasteiger partial charge in [-0.05, 0) is 43.2 Å². The summed E-state index contributed by atoms with van der Waals surface area (Å²) >= 11 is 0. The van der Waals surface area contributed by atoms with Crippen LogP contribution in [0.2, 0.25) is 0 Å². The highest BCUT2D eigenvalue weighted by Gasteiger charge is 2.13. The van der Waals surface area contributed by atoms with Gasteiger partial charge in [0, 0.05) is 23.6 Å². The van der Waals surface area contributed by atoms with Crippen molar-refractivity contribution in [3.63, 3.8) is 0 Å². The Morgan fingerprint density at radius 2 is 1.87 bits per heavy atom. The fourth-order valence-corrected chi connectivity index (χ4v) is 2.53. The minimum atomic E-state index is -0.0565. The van der Waals surface area contributed by atoms with E-state index in [-0.39, 0.29) is 11.9 Å². The molecule has 0 fully saturated rings. The molecule has 4 nitrogen and oxygen atoms in total. The molecule has 3 aromatic rings. The van der Waals surface area contributed by atoms with Crippen LogP contribution in [0.25, 0.3) is 5.69 Å². The summed E-state index contributed by atoms with van der Waals surface area (Å²) < 4.78 is 1.94. The Morgan fingerprint density at radius 3 is 2.52 bits per heavy atom. The number of hydrogen-bond acceptors (Lipinski definition) is 2. The van der Waals surface area contributed by atoms with Crippen molar-refractivity contribution in [3.8, 4) is 5.69 Å². The molecule has 1 unspecified atom stereocenters. The Kier molecular flexibility index (Phi) is 4.24. The van der Waals surface area contributed by atoms with E-state index in [2.05, 4.69) is 10.3 Å². The zero-order chi connectivity index (χ0) is 16.2. The van der Waals surface area contributed by atoms with Gasteiger partial charge in [-0.1, -0.05) is 30.3 Å². The summed E-state index contributed by atoms with van der Waals surface area (Å²) in [5, 5.41) is 3.05. The van der Waals surface area contributed by atoms with E-state index in [0.717, 1.165) is 22.4 Å². The van der Waals surface area contributed by atoms with Gasteiger partial charge >= 0.3 is 0 Å². The van der Waals surface area contributed by atoms with Crippen LogP contribution in [0.4, 0.5) is 0 Å². The quantitative estimate of drug-likeness (QED) is 0.799. The van der Waals surface area contributed by atoms with Crippen molar-refractivity contribution in [2.75, 3.05) is 0 Å². The lowest BCUT2D eigenvalue weighted by Crippen LogP contribution is -2.27. The van der Waals surface area contributed by atoms with Crippen molar-refractivity contribution < 1.29 is 4.79 Å². The Bertz CT molecular complexity index is 792. The topological polar surface area (TPSA) is 46.9 Å². The van der Waals surface area contributed by atoms with Crippen molar-refractivity contribution in [3.05, 3.63) is 83.9 Å². The number of aromatic nitrogens is 2. The van der Waals surface area contributed by atoms with Crippen molar-refractivity contribution in [1.82, 2.24) is 14.9 Å². The molecule has 116 valence electrons. The lowest BCUT2D eigenvalue weighted by molar-refractivity contribution is 0.0939. The number of nitrogens with zero attached hydrogens (tertiary/aromatic N) is 2. The third kappa shape index (κ3) is 3.31. The zero-order valence-corrected chi connectivity index (χ0v) is 13.2. The van der Waals surface area contributed by atoms with Crippen molar-refractivity contribution in [2.24, 2.45) is 0 Å². The van der Waals surface area contributed by atoms with Gasteiger partial charge in [0.1, 0.15) is 0 Å². The monoisotopic (exact) mass is 305 g/mol. The van der Waals surface area contributed by atoms with Crippen LogP contribution in [0.3, 0.4) is 0 Å². The van der Waals surface area contributed by atoms with Crippen molar-refractivity contribution in [2.45, 2.75) is 19.9 Å². The van der Waals surface area contributed by atoms with Crippen molar-refractivity contribution >= 4 is 5.91 Å². The van der Waals surface area contributed by atoms with E-state index in [1.807, 2.05) is 73.1 Å². The van der Waals surface area contributed by atoms with Gasteiger partial charge in [0.25, 0.3) is 5.91 Å². The number of rotatable bonds is 4. The highest BCUT2D eigenvalue weighted by atomic mass is 16.1. The maximum absolute atomic E-state index is 12.4. The third-order valence-corrected chi connectivity index (χ3v) is 3.93. The standard InChI is InChI=1S/C19H19N3O/c1-14-5-3-4-6-18(14)19(23)21-15(2)16-7-9-17(10-8-16)22-12-11-20-13-22/h3-13,15H,1-2H3,(H,21,23). The molecule has 1 amide bonds. The zero-order valence-electron chi connectivity index (χ0n) is 13.2. The minimum Gasteiger partial charge on any atom is -0.346 e. The Balaban J connectivity index is 1.72. The highest BCUT2D eigenvalue weighted by Crippen LogP contribution is 2.17. The van der Waals surface area contributed by atoms with Gasteiger partial charge in [-0.15, -0.1) is 0 Å². The molecule has 0 radical (unpaired) electrons. The maximum Gasteiger partial charge on any atom is 0.252 e. The highest BCUT2D eigenvalue weighted by molar-refractivity contribution is 5.95. The predicted octanol–water partition coefficient (Wildman–Crippen LogP) is 3.67. The number of imidazole rings is 1. The smallest absolute Gasteiger partial charge is 0.252 e. The van der Waals surface area contributed by atoms with Gasteiger partial charge in [0.05, 0.1) is 12.4 Å². The molecule has 0 saturated heterocycles. The molecule has 1 atom stereocenters. The molecule has 2 aromatic carbocycles. The second-order valence-corrected chi connectivity index (χ2v) is 5.57. The number of hydrogen-bond donors (Lipinski definition) is 1. The van der Waals surface area contributed by atoms with Crippen molar-refractivity contribution in [1.29, 1.82) is 0 Å². The van der Waals surface area contributed by atoms with Crippen LogP contribution in [-0.4, -0.2) is 15.5 Å². The van der Waals surface area contributed by atoms with Gasteiger partial charge < -0.3 is 9.88 Å². The minimum absolute atomic E-state index is 0.0470. The molecule has 3 rings (SSSR count). The molecule has 0 aliphatic rings. The molecule has 4 heteroatoms. The average Bonchev–Trinajstić information content (AvgIpc) is 3.09. The van der Waals surface area contributed by atoms with Gasteiger partial charge in [0.2, 0.25) is 0 Å². The lowest BCUT2D eigenvalue weighted by Gasteiger charge is -2.16. The van der Waals surface area contributed by atoms with Crippen LogP contribution in [0.15, 0.2) is 67.3 Å². The summed E-state index contributed by atoms with van der Waals surface area (Å²) in [6, 6.07) is 15.6. The van der Waals surface area contributed by atoms with Gasteiger partial charge in [-0.25, -0.2) is 4.98 Å². The molecule has 1 aromatic heterocycles. The first kappa shape index (κ1) is 15.0. The fraction of sp³-hybridized carbons (Fsp3) is 0.158. The van der Waals surface area contributed by atoms with E-state index in [9.17, 15) is 4.79 Å². The first-order chi connectivity index (χ1) is 11.1. The van der Waals surface area contributed by atoms with E-state index in [0.29, 0.717) is 0 Å². The van der Waals surface area contributed by atoms with E-state index in [4.69, 9.17) is 0 Å². The Labute approximate surface area is 135 Å². The molecule has 0 aliphatic heterocycles. The fourth-order valence-electron chi connectivity index (χ4n) is 2.53. The summed E-state index contributed by atoms with van der Waals surface area (Å²) in [5.74, 6) is -0.0470. The third-order valence-electron chi connectivity index (χ3n) is 3.93. The van der Waals surface area contributed by atoms with Crippen LogP contribution in [-0.2, 0) is 0 Å². The van der Waals surface area contributed by atoms with E-state index in [1.165, 1.54) is 0 Å². The Morgan fingerprint density at radius 1 is 1.13 bits per heavy atom. The largest absolute Gasteiger partial charge is 0.346 e. The van der Waals surface area contributed by atoms with Crippen LogP contribution in [0.1, 0.15) is 34.5 Å². The van der Waals surface area contributed by atoms with E-state index >= 15 is 0 Å². The van der Waals surface area contributed by atoms with Crippen LogP contribution in [0, 0.1) is 6.92 Å². The van der Waals surface area contributed by atoms with Gasteiger partial charge in [-0.3, -0.25) is 4.79 Å². The number of carbonyl (C=O) groups is 1. The number of carbonyl (C=O) groups excluding carboxylic acids is 1. The number of nitrogens with one attached hydrogen (secondary N) is 1. The molecule has 1 N–H and O–H groups in total. The first-order valence-electron chi connectivity index (χ1n) is 7.60. The molecule has 0 saturated carbocycles. The van der Waals surface area contributed by atoms with Crippen LogP contribution < -0.4 is 5.32 Å². The normalized spacial score (nSPS) is 11.9. The summed E-state index contributed by atoms with van der Waals surface area (Å²) in [6.45, 7) is 3.93. The second-order valence-electron chi connectivity index (χ2n) is 5.57. The maximum atomic E-state index is 12.4. The summed E-state index contributed by atoms with van der Waals surface area (Å²) in [7, 11) is 0. The molecule has 23 heavy (non-hydrogen) atoms. The van der Waals surface area contributed by atoms with E-state index < -0.39 is 0 Å². The molecular formula is C19H19N3O. The van der Waals surface area contributed by atoms with Crippen LogP contribution in [0.5, 0.6) is 0 Å². The molecule has 0 aliphatic carbocycles. The van der Waals surface area contributed by atoms with Gasteiger partial charge in [0.15, 0.2) is 0 Å². The molecule has 1 heterocycles. The number of benzene rings is 2. The van der Waals surface area contributed by atoms with E-state index in [1.54, 1.807) is 12.5 Å². The summed E-state index contributed by atoms with van der Waals surface area (Å²) in [4.78, 5) is 16.4. The summed E-state index contributed by atoms with van der Waals surface area (Å²) in [6.07, 6.45) is 5.41. The lowest BCUT2D eigenvalue weighted by atomic mass is 10.1.